The third-order valence-corrected chi connectivity index (χ3v) is 5.07. The van der Waals surface area contributed by atoms with Crippen LogP contribution in [0.5, 0.6) is 0 Å². The van der Waals surface area contributed by atoms with E-state index < -0.39 is 0 Å². The second-order valence-electron chi connectivity index (χ2n) is 6.11. The van der Waals surface area contributed by atoms with Crippen molar-refractivity contribution in [1.82, 2.24) is 25.2 Å². The van der Waals surface area contributed by atoms with E-state index in [1.807, 2.05) is 35.2 Å². The van der Waals surface area contributed by atoms with Crippen molar-refractivity contribution in [3.63, 3.8) is 0 Å². The van der Waals surface area contributed by atoms with E-state index in [1.165, 1.54) is 0 Å². The number of guanidine groups is 1. The van der Waals surface area contributed by atoms with Crippen LogP contribution < -0.4 is 10.6 Å². The lowest BCUT2D eigenvalue weighted by Crippen LogP contribution is -2.36. The SMILES string of the molecule is CCNC(=NCc1cn2ccsc2n1)NCc1cc(C(CC)CC)no1.I. The molecular weight excluding hydrogens is 475 g/mol. The van der Waals surface area contributed by atoms with E-state index in [1.54, 1.807) is 11.3 Å². The van der Waals surface area contributed by atoms with Gasteiger partial charge in [-0.2, -0.15) is 0 Å². The van der Waals surface area contributed by atoms with Crippen LogP contribution in [0.2, 0.25) is 0 Å². The average molecular weight is 502 g/mol. The molecule has 0 fully saturated rings. The number of thiazole rings is 1. The largest absolute Gasteiger partial charge is 0.359 e. The van der Waals surface area contributed by atoms with Gasteiger partial charge in [-0.25, -0.2) is 9.98 Å². The molecule has 0 aliphatic carbocycles. The fourth-order valence-corrected chi connectivity index (χ4v) is 3.56. The molecule has 0 atom stereocenters. The lowest BCUT2D eigenvalue weighted by atomic mass is 9.99. The van der Waals surface area contributed by atoms with Crippen LogP contribution >= 0.6 is 35.3 Å². The highest BCUT2D eigenvalue weighted by molar-refractivity contribution is 14.0. The first-order valence-electron chi connectivity index (χ1n) is 9.12. The van der Waals surface area contributed by atoms with Crippen LogP contribution in [0.3, 0.4) is 0 Å². The van der Waals surface area contributed by atoms with Crippen LogP contribution in [-0.4, -0.2) is 27.0 Å². The minimum absolute atomic E-state index is 0. The number of hydrogen-bond donors (Lipinski definition) is 2. The first-order chi connectivity index (χ1) is 12.7. The highest BCUT2D eigenvalue weighted by Crippen LogP contribution is 2.22. The Bertz CT molecular complexity index is 822. The first kappa shape index (κ1) is 21.7. The number of rotatable bonds is 8. The van der Waals surface area contributed by atoms with E-state index in [4.69, 9.17) is 4.52 Å². The van der Waals surface area contributed by atoms with Crippen LogP contribution in [0.1, 0.15) is 56.7 Å². The molecular formula is C18H27IN6OS. The maximum absolute atomic E-state index is 5.46. The molecule has 0 aliphatic rings. The van der Waals surface area contributed by atoms with E-state index in [0.29, 0.717) is 19.0 Å². The molecule has 0 bridgehead atoms. The highest BCUT2D eigenvalue weighted by atomic mass is 127. The van der Waals surface area contributed by atoms with Crippen LogP contribution in [0.25, 0.3) is 4.96 Å². The standard InChI is InChI=1S/C18H26N6OS.HI/c1-4-13(5-2)16-9-15(25-23-16)11-21-17(19-6-3)20-10-14-12-24-7-8-26-18(24)22-14;/h7-9,12-13H,4-6,10-11H2,1-3H3,(H2,19,20,21);1H. The summed E-state index contributed by atoms with van der Waals surface area (Å²) in [4.78, 5) is 10.2. The van der Waals surface area contributed by atoms with E-state index in [0.717, 1.165) is 47.5 Å². The zero-order chi connectivity index (χ0) is 18.4. The molecule has 7 nitrogen and oxygen atoms in total. The number of aromatic nitrogens is 3. The minimum Gasteiger partial charge on any atom is -0.359 e. The number of fused-ring (bicyclic) bond motifs is 1. The number of halogens is 1. The molecule has 3 aromatic heterocycles. The van der Waals surface area contributed by atoms with Crippen molar-refractivity contribution in [1.29, 1.82) is 0 Å². The predicted octanol–water partition coefficient (Wildman–Crippen LogP) is 4.16. The first-order valence-corrected chi connectivity index (χ1v) is 10.00. The van der Waals surface area contributed by atoms with Crippen molar-refractivity contribution in [3.8, 4) is 0 Å². The number of imidazole rings is 1. The number of hydrogen-bond acceptors (Lipinski definition) is 5. The Kier molecular flexibility index (Phi) is 8.55. The van der Waals surface area contributed by atoms with Gasteiger partial charge in [-0.15, -0.1) is 35.3 Å². The topological polar surface area (TPSA) is 79.8 Å². The van der Waals surface area contributed by atoms with Crippen molar-refractivity contribution >= 4 is 46.2 Å². The Hall–Kier alpha value is -1.62. The van der Waals surface area contributed by atoms with Gasteiger partial charge in [-0.05, 0) is 19.8 Å². The highest BCUT2D eigenvalue weighted by Gasteiger charge is 2.13. The second kappa shape index (κ2) is 10.6. The normalized spacial score (nSPS) is 11.8. The van der Waals surface area contributed by atoms with Gasteiger partial charge in [-0.1, -0.05) is 19.0 Å². The summed E-state index contributed by atoms with van der Waals surface area (Å²) in [7, 11) is 0. The molecule has 2 N–H and O–H groups in total. The third kappa shape index (κ3) is 5.68. The Morgan fingerprint density at radius 3 is 2.81 bits per heavy atom. The van der Waals surface area contributed by atoms with Gasteiger partial charge in [0.15, 0.2) is 16.7 Å². The quantitative estimate of drug-likeness (QED) is 0.275. The number of nitrogens with one attached hydrogen (secondary N) is 2. The molecule has 9 heteroatoms. The van der Waals surface area contributed by atoms with Gasteiger partial charge < -0.3 is 15.2 Å². The van der Waals surface area contributed by atoms with Gasteiger partial charge in [0.05, 0.1) is 24.5 Å². The molecule has 0 spiro atoms. The molecule has 0 aliphatic heterocycles. The summed E-state index contributed by atoms with van der Waals surface area (Å²) in [5.74, 6) is 2.02. The van der Waals surface area contributed by atoms with Crippen molar-refractivity contribution < 1.29 is 4.52 Å². The Balaban J connectivity index is 0.00000261. The Morgan fingerprint density at radius 2 is 2.11 bits per heavy atom. The molecule has 3 aromatic rings. The summed E-state index contributed by atoms with van der Waals surface area (Å²) in [6.07, 6.45) is 6.16. The van der Waals surface area contributed by atoms with Gasteiger partial charge in [0.25, 0.3) is 0 Å². The summed E-state index contributed by atoms with van der Waals surface area (Å²) in [5, 5.41) is 12.8. The lowest BCUT2D eigenvalue weighted by molar-refractivity contribution is 0.368. The molecule has 0 radical (unpaired) electrons. The maximum atomic E-state index is 5.46. The van der Waals surface area contributed by atoms with E-state index in [9.17, 15) is 0 Å². The van der Waals surface area contributed by atoms with E-state index >= 15 is 0 Å². The summed E-state index contributed by atoms with van der Waals surface area (Å²) >= 11 is 1.62. The molecule has 0 unspecified atom stereocenters. The van der Waals surface area contributed by atoms with Crippen molar-refractivity contribution in [2.75, 3.05) is 6.54 Å². The summed E-state index contributed by atoms with van der Waals surface area (Å²) < 4.78 is 7.48. The summed E-state index contributed by atoms with van der Waals surface area (Å²) in [6, 6.07) is 2.04. The minimum atomic E-state index is 0. The molecule has 0 saturated carbocycles. The van der Waals surface area contributed by atoms with Crippen LogP contribution in [0, 0.1) is 0 Å². The van der Waals surface area contributed by atoms with Gasteiger partial charge in [0.2, 0.25) is 0 Å². The summed E-state index contributed by atoms with van der Waals surface area (Å²) in [5.41, 5.74) is 1.98. The van der Waals surface area contributed by atoms with E-state index in [-0.39, 0.29) is 24.0 Å². The van der Waals surface area contributed by atoms with Gasteiger partial charge in [-0.3, -0.25) is 4.40 Å². The fraction of sp³-hybridized carbons (Fsp3) is 0.500. The molecule has 3 heterocycles. The fourth-order valence-electron chi connectivity index (χ4n) is 2.84. The van der Waals surface area contributed by atoms with Crippen LogP contribution in [0.4, 0.5) is 0 Å². The van der Waals surface area contributed by atoms with Gasteiger partial charge in [0.1, 0.15) is 0 Å². The van der Waals surface area contributed by atoms with Gasteiger partial charge >= 0.3 is 0 Å². The van der Waals surface area contributed by atoms with Crippen molar-refractivity contribution in [3.05, 3.63) is 41.0 Å². The molecule has 148 valence electrons. The number of aliphatic imine (C=N–C) groups is 1. The van der Waals surface area contributed by atoms with Crippen LogP contribution in [-0.2, 0) is 13.1 Å². The molecule has 0 aromatic carbocycles. The molecule has 0 amide bonds. The summed E-state index contributed by atoms with van der Waals surface area (Å²) in [6.45, 7) is 8.27. The Labute approximate surface area is 180 Å². The van der Waals surface area contributed by atoms with Crippen molar-refractivity contribution in [2.45, 2.75) is 52.6 Å². The second-order valence-corrected chi connectivity index (χ2v) is 6.98. The molecule has 0 saturated heterocycles. The van der Waals surface area contributed by atoms with E-state index in [2.05, 4.69) is 39.6 Å². The average Bonchev–Trinajstić information content (AvgIpc) is 3.35. The smallest absolute Gasteiger partial charge is 0.193 e. The zero-order valence-electron chi connectivity index (χ0n) is 15.9. The third-order valence-electron chi connectivity index (χ3n) is 4.30. The maximum Gasteiger partial charge on any atom is 0.193 e. The van der Waals surface area contributed by atoms with Crippen molar-refractivity contribution in [2.24, 2.45) is 4.99 Å². The zero-order valence-corrected chi connectivity index (χ0v) is 19.1. The molecule has 3 rings (SSSR count). The Morgan fingerprint density at radius 1 is 1.30 bits per heavy atom. The predicted molar refractivity (Wildman–Crippen MR) is 120 cm³/mol. The van der Waals surface area contributed by atoms with Crippen LogP contribution in [0.15, 0.2) is 33.4 Å². The lowest BCUT2D eigenvalue weighted by Gasteiger charge is -2.09. The number of nitrogens with zero attached hydrogens (tertiary/aromatic N) is 4. The monoisotopic (exact) mass is 502 g/mol. The molecule has 27 heavy (non-hydrogen) atoms. The van der Waals surface area contributed by atoms with Gasteiger partial charge in [0, 0.05) is 36.3 Å².